The number of ether oxygens (including phenoxy) is 1. The lowest BCUT2D eigenvalue weighted by molar-refractivity contribution is 0.0701. The van der Waals surface area contributed by atoms with Gasteiger partial charge in [0.1, 0.15) is 21.7 Å². The van der Waals surface area contributed by atoms with Gasteiger partial charge in [0, 0.05) is 5.56 Å². The summed E-state index contributed by atoms with van der Waals surface area (Å²) in [6, 6.07) is 5.45. The molecule has 0 radical (unpaired) electrons. The molecule has 0 aliphatic heterocycles. The van der Waals surface area contributed by atoms with E-state index in [0.717, 1.165) is 11.3 Å². The van der Waals surface area contributed by atoms with Gasteiger partial charge in [0.05, 0.1) is 23.9 Å². The Morgan fingerprint density at radius 1 is 1.45 bits per heavy atom. The van der Waals surface area contributed by atoms with E-state index in [2.05, 4.69) is 22.9 Å². The van der Waals surface area contributed by atoms with Crippen LogP contribution in [0.2, 0.25) is 0 Å². The van der Waals surface area contributed by atoms with E-state index in [4.69, 9.17) is 9.84 Å². The largest absolute Gasteiger partial charge is 0.495 e. The summed E-state index contributed by atoms with van der Waals surface area (Å²) in [5.74, 6) is 5.05. The molecule has 0 bridgehead atoms. The fraction of sp³-hybridized carbons (Fsp3) is 0.188. The standard InChI is InChI=1S/C16H12N2O3S/c1-4-5-12-11(8-17)6-10(7-13(12)21-3)15-18-9(2)14(22-15)16(19)20/h6-7H,1-3H3,(H,19,20). The molecule has 0 saturated carbocycles. The molecule has 1 aromatic heterocycles. The summed E-state index contributed by atoms with van der Waals surface area (Å²) in [5, 5.41) is 18.9. The second-order valence-corrected chi connectivity index (χ2v) is 5.33. The molecule has 0 fully saturated rings. The summed E-state index contributed by atoms with van der Waals surface area (Å²) < 4.78 is 5.29. The van der Waals surface area contributed by atoms with Crippen molar-refractivity contribution in [3.63, 3.8) is 0 Å². The van der Waals surface area contributed by atoms with Gasteiger partial charge in [-0.3, -0.25) is 0 Å². The van der Waals surface area contributed by atoms with Crippen LogP contribution in [0.25, 0.3) is 10.6 Å². The zero-order valence-corrected chi connectivity index (χ0v) is 13.0. The van der Waals surface area contributed by atoms with Crippen molar-refractivity contribution in [3.05, 3.63) is 33.8 Å². The Morgan fingerprint density at radius 2 is 2.18 bits per heavy atom. The molecule has 6 heteroatoms. The van der Waals surface area contributed by atoms with Crippen LogP contribution in [0.15, 0.2) is 12.1 Å². The zero-order valence-electron chi connectivity index (χ0n) is 12.2. The van der Waals surface area contributed by atoms with Gasteiger partial charge in [0.15, 0.2) is 0 Å². The zero-order chi connectivity index (χ0) is 16.3. The Bertz CT molecular complexity index is 851. The molecule has 0 amide bonds. The molecule has 1 heterocycles. The SMILES string of the molecule is CC#Cc1c(C#N)cc(-c2nc(C)c(C(=O)O)s2)cc1OC. The number of nitriles is 1. The van der Waals surface area contributed by atoms with Gasteiger partial charge < -0.3 is 9.84 Å². The lowest BCUT2D eigenvalue weighted by atomic mass is 10.0. The summed E-state index contributed by atoms with van der Waals surface area (Å²) in [5.41, 5.74) is 1.97. The first kappa shape index (κ1) is 15.6. The summed E-state index contributed by atoms with van der Waals surface area (Å²) >= 11 is 1.07. The van der Waals surface area contributed by atoms with E-state index in [0.29, 0.717) is 33.1 Å². The normalized spacial score (nSPS) is 9.55. The van der Waals surface area contributed by atoms with E-state index in [-0.39, 0.29) is 4.88 Å². The number of thiazole rings is 1. The van der Waals surface area contributed by atoms with Crippen LogP contribution in [0.1, 0.15) is 33.4 Å². The molecular weight excluding hydrogens is 300 g/mol. The molecule has 0 unspecified atom stereocenters. The molecule has 1 aromatic carbocycles. The Labute approximate surface area is 131 Å². The van der Waals surface area contributed by atoms with Crippen LogP contribution in [0, 0.1) is 30.1 Å². The van der Waals surface area contributed by atoms with E-state index in [1.807, 2.05) is 0 Å². The number of aromatic nitrogens is 1. The second kappa shape index (κ2) is 6.30. The van der Waals surface area contributed by atoms with Crippen LogP contribution < -0.4 is 4.74 Å². The highest BCUT2D eigenvalue weighted by Gasteiger charge is 2.17. The van der Waals surface area contributed by atoms with E-state index in [9.17, 15) is 10.1 Å². The molecule has 22 heavy (non-hydrogen) atoms. The monoisotopic (exact) mass is 312 g/mol. The van der Waals surface area contributed by atoms with Gasteiger partial charge in [-0.2, -0.15) is 5.26 Å². The number of hydrogen-bond donors (Lipinski definition) is 1. The summed E-state index contributed by atoms with van der Waals surface area (Å²) in [6.45, 7) is 3.32. The number of carboxylic acids is 1. The lowest BCUT2D eigenvalue weighted by Gasteiger charge is -2.07. The number of benzene rings is 1. The lowest BCUT2D eigenvalue weighted by Crippen LogP contribution is -1.94. The first-order valence-corrected chi connectivity index (χ1v) is 7.09. The highest BCUT2D eigenvalue weighted by atomic mass is 32.1. The number of carbonyl (C=O) groups is 1. The first-order chi connectivity index (χ1) is 10.5. The van der Waals surface area contributed by atoms with Crippen LogP contribution in [-0.4, -0.2) is 23.2 Å². The number of nitrogens with zero attached hydrogens (tertiary/aromatic N) is 2. The molecule has 1 N–H and O–H groups in total. The maximum atomic E-state index is 11.1. The van der Waals surface area contributed by atoms with E-state index < -0.39 is 5.97 Å². The van der Waals surface area contributed by atoms with Crippen LogP contribution in [0.5, 0.6) is 5.75 Å². The predicted octanol–water partition coefficient (Wildman–Crippen LogP) is 3.07. The van der Waals surface area contributed by atoms with Crippen molar-refractivity contribution >= 4 is 17.3 Å². The molecule has 5 nitrogen and oxygen atoms in total. The van der Waals surface area contributed by atoms with Crippen molar-refractivity contribution in [2.75, 3.05) is 7.11 Å². The number of aromatic carboxylic acids is 1. The average molecular weight is 312 g/mol. The fourth-order valence-electron chi connectivity index (χ4n) is 1.96. The van der Waals surface area contributed by atoms with Crippen LogP contribution in [-0.2, 0) is 0 Å². The fourth-order valence-corrected chi connectivity index (χ4v) is 2.85. The number of methoxy groups -OCH3 is 1. The Kier molecular flexibility index (Phi) is 4.45. The van der Waals surface area contributed by atoms with Crippen molar-refractivity contribution in [1.29, 1.82) is 5.26 Å². The van der Waals surface area contributed by atoms with Crippen LogP contribution in [0.3, 0.4) is 0 Å². The Balaban J connectivity index is 2.66. The number of aryl methyl sites for hydroxylation is 1. The predicted molar refractivity (Wildman–Crippen MR) is 83.1 cm³/mol. The summed E-state index contributed by atoms with van der Waals surface area (Å²) in [4.78, 5) is 15.6. The summed E-state index contributed by atoms with van der Waals surface area (Å²) in [7, 11) is 1.50. The number of rotatable bonds is 3. The average Bonchev–Trinajstić information content (AvgIpc) is 2.89. The number of hydrogen-bond acceptors (Lipinski definition) is 5. The minimum atomic E-state index is -1.01. The van der Waals surface area contributed by atoms with E-state index >= 15 is 0 Å². The van der Waals surface area contributed by atoms with Crippen molar-refractivity contribution < 1.29 is 14.6 Å². The highest BCUT2D eigenvalue weighted by molar-refractivity contribution is 7.17. The van der Waals surface area contributed by atoms with Gasteiger partial charge in [0.2, 0.25) is 0 Å². The maximum Gasteiger partial charge on any atom is 0.347 e. The van der Waals surface area contributed by atoms with Gasteiger partial charge in [-0.1, -0.05) is 5.92 Å². The molecule has 0 aliphatic carbocycles. The molecule has 0 spiro atoms. The minimum Gasteiger partial charge on any atom is -0.495 e. The third kappa shape index (κ3) is 2.78. The van der Waals surface area contributed by atoms with Crippen molar-refractivity contribution in [1.82, 2.24) is 4.98 Å². The van der Waals surface area contributed by atoms with Gasteiger partial charge in [-0.15, -0.1) is 17.3 Å². The van der Waals surface area contributed by atoms with E-state index in [1.165, 1.54) is 7.11 Å². The van der Waals surface area contributed by atoms with Crippen molar-refractivity contribution in [2.45, 2.75) is 13.8 Å². The highest BCUT2D eigenvalue weighted by Crippen LogP contribution is 2.33. The van der Waals surface area contributed by atoms with Gasteiger partial charge in [-0.05, 0) is 26.0 Å². The van der Waals surface area contributed by atoms with E-state index in [1.54, 1.807) is 26.0 Å². The van der Waals surface area contributed by atoms with Crippen molar-refractivity contribution in [3.8, 4) is 34.2 Å². The molecule has 110 valence electrons. The number of carboxylic acid groups (broad SMARTS) is 1. The topological polar surface area (TPSA) is 83.2 Å². The smallest absolute Gasteiger partial charge is 0.347 e. The van der Waals surface area contributed by atoms with Crippen LogP contribution >= 0.6 is 11.3 Å². The molecule has 0 aliphatic rings. The molecule has 2 aromatic rings. The Hall–Kier alpha value is -2.83. The Morgan fingerprint density at radius 3 is 2.68 bits per heavy atom. The molecule has 0 atom stereocenters. The first-order valence-electron chi connectivity index (χ1n) is 6.27. The molecule has 0 saturated heterocycles. The maximum absolute atomic E-state index is 11.1. The summed E-state index contributed by atoms with van der Waals surface area (Å²) in [6.07, 6.45) is 0. The second-order valence-electron chi connectivity index (χ2n) is 4.33. The third-order valence-electron chi connectivity index (χ3n) is 2.93. The quantitative estimate of drug-likeness (QED) is 0.881. The van der Waals surface area contributed by atoms with Gasteiger partial charge in [-0.25, -0.2) is 9.78 Å². The van der Waals surface area contributed by atoms with Crippen molar-refractivity contribution in [2.24, 2.45) is 0 Å². The molecular formula is C16H12N2O3S. The third-order valence-corrected chi connectivity index (χ3v) is 4.12. The molecule has 2 rings (SSSR count). The van der Waals surface area contributed by atoms with Gasteiger partial charge in [0.25, 0.3) is 0 Å². The minimum absolute atomic E-state index is 0.185. The van der Waals surface area contributed by atoms with Gasteiger partial charge >= 0.3 is 5.97 Å². The van der Waals surface area contributed by atoms with Crippen LogP contribution in [0.4, 0.5) is 0 Å².